The molecule has 0 bridgehead atoms. The van der Waals surface area contributed by atoms with Crippen molar-refractivity contribution in [2.24, 2.45) is 0 Å². The van der Waals surface area contributed by atoms with Crippen molar-refractivity contribution in [2.75, 3.05) is 0 Å². The Labute approximate surface area is 303 Å². The average Bonchev–Trinajstić information content (AvgIpc) is 3.95. The summed E-state index contributed by atoms with van der Waals surface area (Å²) in [7, 11) is 0. The van der Waals surface area contributed by atoms with Gasteiger partial charge in [0, 0.05) is 38.3 Å². The van der Waals surface area contributed by atoms with E-state index in [1.807, 2.05) is 0 Å². The van der Waals surface area contributed by atoms with Crippen LogP contribution in [0.3, 0.4) is 0 Å². The molecule has 3 heterocycles. The van der Waals surface area contributed by atoms with E-state index in [-0.39, 0.29) is 0 Å². The summed E-state index contributed by atoms with van der Waals surface area (Å²) in [6, 6.07) is 62.3. The summed E-state index contributed by atoms with van der Waals surface area (Å²) in [6.45, 7) is 0. The van der Waals surface area contributed by atoms with E-state index in [1.54, 1.807) is 0 Å². The van der Waals surface area contributed by atoms with Crippen LogP contribution in [0.2, 0.25) is 0 Å². The molecule has 244 valence electrons. The van der Waals surface area contributed by atoms with Gasteiger partial charge in [-0.25, -0.2) is 0 Å². The van der Waals surface area contributed by atoms with Crippen LogP contribution in [-0.2, 0) is 0 Å². The first-order valence-electron chi connectivity index (χ1n) is 18.3. The monoisotopic (exact) mass is 672 g/mol. The topological polar surface area (TPSA) is 23.0 Å². The van der Waals surface area contributed by atoms with Crippen molar-refractivity contribution < 1.29 is 4.42 Å². The van der Waals surface area contributed by atoms with Gasteiger partial charge in [-0.05, 0) is 92.3 Å². The summed E-state index contributed by atoms with van der Waals surface area (Å²) < 4.78 is 11.8. The van der Waals surface area contributed by atoms with E-state index in [9.17, 15) is 0 Å². The second-order valence-corrected chi connectivity index (χ2v) is 14.5. The van der Waals surface area contributed by atoms with Crippen molar-refractivity contribution in [3.8, 4) is 33.6 Å². The van der Waals surface area contributed by atoms with Gasteiger partial charge in [0.1, 0.15) is 11.2 Å². The Morgan fingerprint density at radius 1 is 0.340 bits per heavy atom. The molecular formula is C50H28N2O. The van der Waals surface area contributed by atoms with Gasteiger partial charge in [-0.2, -0.15) is 0 Å². The van der Waals surface area contributed by atoms with E-state index in [1.165, 1.54) is 76.5 Å². The molecular weight excluding hydrogens is 645 g/mol. The minimum absolute atomic E-state index is 0.908. The van der Waals surface area contributed by atoms with Crippen LogP contribution in [0.1, 0.15) is 0 Å². The third-order valence-electron chi connectivity index (χ3n) is 11.8. The fourth-order valence-electron chi connectivity index (χ4n) is 9.58. The van der Waals surface area contributed by atoms with Crippen molar-refractivity contribution in [3.63, 3.8) is 0 Å². The third kappa shape index (κ3) is 3.49. The lowest BCUT2D eigenvalue weighted by atomic mass is 10.0. The predicted octanol–water partition coefficient (Wildman–Crippen LogP) is 13.7. The van der Waals surface area contributed by atoms with Crippen LogP contribution in [-0.4, -0.2) is 9.13 Å². The van der Waals surface area contributed by atoms with Gasteiger partial charge in [-0.15, -0.1) is 0 Å². The average molecular weight is 673 g/mol. The van der Waals surface area contributed by atoms with E-state index < -0.39 is 0 Å². The van der Waals surface area contributed by atoms with Gasteiger partial charge >= 0.3 is 0 Å². The first-order valence-corrected chi connectivity index (χ1v) is 18.3. The minimum atomic E-state index is 0.908. The lowest BCUT2D eigenvalue weighted by Crippen LogP contribution is -1.99. The van der Waals surface area contributed by atoms with E-state index in [2.05, 4.69) is 179 Å². The zero-order valence-corrected chi connectivity index (χ0v) is 28.5. The first kappa shape index (κ1) is 27.6. The summed E-state index contributed by atoms with van der Waals surface area (Å²) in [4.78, 5) is 0. The summed E-state index contributed by atoms with van der Waals surface area (Å²) in [5.41, 5.74) is 14.0. The fourth-order valence-corrected chi connectivity index (χ4v) is 9.58. The number of fused-ring (bicyclic) bond motifs is 15. The zero-order chi connectivity index (χ0) is 34.4. The first-order chi connectivity index (χ1) is 26.3. The SMILES string of the molecule is c1ccc2cc(-n3c4ccccc4c4ccc5c6c7oc8ccccc8c7ccc6n(-c6ccc7c(c6)-c6cccc8cccc-7c68)c5c43)ccc2c1. The van der Waals surface area contributed by atoms with Crippen LogP contribution in [0, 0.1) is 0 Å². The molecule has 1 aliphatic rings. The lowest BCUT2D eigenvalue weighted by Gasteiger charge is -2.14. The Kier molecular flexibility index (Phi) is 5.11. The van der Waals surface area contributed by atoms with E-state index in [0.717, 1.165) is 44.2 Å². The summed E-state index contributed by atoms with van der Waals surface area (Å²) >= 11 is 0. The number of aromatic nitrogens is 2. The van der Waals surface area contributed by atoms with Crippen molar-refractivity contribution in [3.05, 3.63) is 170 Å². The van der Waals surface area contributed by atoms with E-state index >= 15 is 0 Å². The minimum Gasteiger partial charge on any atom is -0.455 e. The molecule has 0 aliphatic heterocycles. The Hall–Kier alpha value is -7.10. The zero-order valence-electron chi connectivity index (χ0n) is 28.5. The molecule has 1 aliphatic carbocycles. The largest absolute Gasteiger partial charge is 0.455 e. The molecule has 12 aromatic rings. The number of para-hydroxylation sites is 2. The predicted molar refractivity (Wildman–Crippen MR) is 222 cm³/mol. The second kappa shape index (κ2) is 9.81. The lowest BCUT2D eigenvalue weighted by molar-refractivity contribution is 0.673. The van der Waals surface area contributed by atoms with Crippen LogP contribution in [0.4, 0.5) is 0 Å². The van der Waals surface area contributed by atoms with Gasteiger partial charge in [0.15, 0.2) is 0 Å². The van der Waals surface area contributed by atoms with Gasteiger partial charge < -0.3 is 13.6 Å². The third-order valence-corrected chi connectivity index (χ3v) is 11.8. The summed E-state index contributed by atoms with van der Waals surface area (Å²) in [5, 5.41) is 12.1. The summed E-state index contributed by atoms with van der Waals surface area (Å²) in [6.07, 6.45) is 0. The Morgan fingerprint density at radius 2 is 1.00 bits per heavy atom. The molecule has 0 saturated heterocycles. The summed E-state index contributed by atoms with van der Waals surface area (Å²) in [5.74, 6) is 0. The van der Waals surface area contributed by atoms with Gasteiger partial charge in [-0.1, -0.05) is 121 Å². The van der Waals surface area contributed by atoms with Crippen LogP contribution in [0.25, 0.3) is 121 Å². The van der Waals surface area contributed by atoms with Gasteiger partial charge in [-0.3, -0.25) is 0 Å². The molecule has 0 atom stereocenters. The molecule has 9 aromatic carbocycles. The van der Waals surface area contributed by atoms with E-state index in [0.29, 0.717) is 0 Å². The molecule has 0 N–H and O–H groups in total. The molecule has 0 unspecified atom stereocenters. The highest BCUT2D eigenvalue weighted by atomic mass is 16.3. The molecule has 3 nitrogen and oxygen atoms in total. The highest BCUT2D eigenvalue weighted by Gasteiger charge is 2.26. The Morgan fingerprint density at radius 3 is 1.91 bits per heavy atom. The maximum Gasteiger partial charge on any atom is 0.145 e. The maximum absolute atomic E-state index is 6.79. The number of benzene rings is 9. The quantitative estimate of drug-likeness (QED) is 0.179. The molecule has 3 heteroatoms. The Bertz CT molecular complexity index is 3570. The van der Waals surface area contributed by atoms with E-state index in [4.69, 9.17) is 4.42 Å². The van der Waals surface area contributed by atoms with Crippen molar-refractivity contribution in [2.45, 2.75) is 0 Å². The standard InChI is InChI=1S/C50H28N2O/c1-2-10-31-27-32(20-19-29(31)9-1)51-43-17-5-3-13-35(43)39-23-24-41-47-44(26-25-40-36-14-4-6-18-45(36)53-50(40)47)52(49(41)48(39)51)33-21-22-34-37-15-7-11-30-12-8-16-38(46(30)37)42(34)28-33/h1-28H. The molecule has 0 spiro atoms. The van der Waals surface area contributed by atoms with Crippen molar-refractivity contribution in [1.82, 2.24) is 9.13 Å². The van der Waals surface area contributed by atoms with Crippen LogP contribution < -0.4 is 0 Å². The van der Waals surface area contributed by atoms with Crippen LogP contribution in [0.5, 0.6) is 0 Å². The molecule has 0 saturated carbocycles. The number of hydrogen-bond acceptors (Lipinski definition) is 1. The van der Waals surface area contributed by atoms with Gasteiger partial charge in [0.25, 0.3) is 0 Å². The van der Waals surface area contributed by atoms with Gasteiger partial charge in [0.2, 0.25) is 0 Å². The normalized spacial score (nSPS) is 12.5. The smallest absolute Gasteiger partial charge is 0.145 e. The fraction of sp³-hybridized carbons (Fsp3) is 0. The highest BCUT2D eigenvalue weighted by molar-refractivity contribution is 6.29. The second-order valence-electron chi connectivity index (χ2n) is 14.5. The van der Waals surface area contributed by atoms with Gasteiger partial charge in [0.05, 0.1) is 27.5 Å². The Balaban J connectivity index is 1.23. The number of furan rings is 1. The van der Waals surface area contributed by atoms with Crippen molar-refractivity contribution >= 4 is 87.1 Å². The highest BCUT2D eigenvalue weighted by Crippen LogP contribution is 2.50. The van der Waals surface area contributed by atoms with Crippen LogP contribution in [0.15, 0.2) is 174 Å². The maximum atomic E-state index is 6.79. The number of hydrogen-bond donors (Lipinski definition) is 0. The molecule has 0 radical (unpaired) electrons. The molecule has 53 heavy (non-hydrogen) atoms. The van der Waals surface area contributed by atoms with Crippen molar-refractivity contribution in [1.29, 1.82) is 0 Å². The van der Waals surface area contributed by atoms with Crippen LogP contribution >= 0.6 is 0 Å². The molecule has 3 aromatic heterocycles. The molecule has 0 fully saturated rings. The molecule has 13 rings (SSSR count). The number of nitrogens with zero attached hydrogens (tertiary/aromatic N) is 2. The molecule has 0 amide bonds. The number of rotatable bonds is 2.